The number of hydrogen-bond donors (Lipinski definition) is 2. The standard InChI is InChI=1S/C20H18F3NO7S/c1-10-13-9-24(8-12-6-4-3-5-7-12)18(26)14(13)11(2)15(16(25)19(27)28)17(10)31-32(29,30)20(21,22)23/h3-7,16,25H,8-9H2,1-2H3,(H,27,28). The number of fused-ring (bicyclic) bond motifs is 1. The number of rotatable bonds is 6. The second-order valence-corrected chi connectivity index (χ2v) is 8.75. The molecule has 0 bridgehead atoms. The van der Waals surface area contributed by atoms with Crippen LogP contribution in [-0.4, -0.2) is 40.9 Å². The molecule has 0 aromatic heterocycles. The third-order valence-corrected chi connectivity index (χ3v) is 6.12. The number of nitrogens with zero attached hydrogens (tertiary/aromatic N) is 1. The molecule has 0 radical (unpaired) electrons. The van der Waals surface area contributed by atoms with E-state index in [1.807, 2.05) is 0 Å². The molecule has 1 heterocycles. The normalized spacial score (nSPS) is 14.9. The number of aliphatic hydroxyl groups is 1. The Labute approximate surface area is 181 Å². The van der Waals surface area contributed by atoms with Crippen LogP contribution in [0.25, 0.3) is 0 Å². The van der Waals surface area contributed by atoms with E-state index in [0.717, 1.165) is 5.56 Å². The van der Waals surface area contributed by atoms with Gasteiger partial charge in [0.05, 0.1) is 0 Å². The Morgan fingerprint density at radius 2 is 1.78 bits per heavy atom. The molecule has 8 nitrogen and oxygen atoms in total. The quantitative estimate of drug-likeness (QED) is 0.489. The Balaban J connectivity index is 2.17. The van der Waals surface area contributed by atoms with Crippen molar-refractivity contribution in [3.8, 4) is 5.75 Å². The molecule has 172 valence electrons. The van der Waals surface area contributed by atoms with E-state index in [9.17, 15) is 41.4 Å². The third kappa shape index (κ3) is 4.02. The molecule has 0 fully saturated rings. The maximum Gasteiger partial charge on any atom is 0.534 e. The summed E-state index contributed by atoms with van der Waals surface area (Å²) in [7, 11) is -6.17. The number of carboxylic acids is 1. The van der Waals surface area contributed by atoms with Crippen LogP contribution in [0.15, 0.2) is 30.3 Å². The van der Waals surface area contributed by atoms with Crippen molar-refractivity contribution >= 4 is 22.0 Å². The van der Waals surface area contributed by atoms with Gasteiger partial charge in [0.2, 0.25) is 0 Å². The SMILES string of the molecule is Cc1c2c(c(C)c(C(O)C(=O)O)c1OS(=O)(=O)C(F)(F)F)C(=O)N(Cc1ccccc1)C2. The molecule has 1 unspecified atom stereocenters. The molecule has 1 amide bonds. The van der Waals surface area contributed by atoms with Crippen LogP contribution >= 0.6 is 0 Å². The van der Waals surface area contributed by atoms with Crippen molar-refractivity contribution in [2.75, 3.05) is 0 Å². The van der Waals surface area contributed by atoms with E-state index in [1.165, 1.54) is 18.7 Å². The number of carbonyl (C=O) groups excluding carboxylic acids is 1. The van der Waals surface area contributed by atoms with Crippen LogP contribution in [0.4, 0.5) is 13.2 Å². The summed E-state index contributed by atoms with van der Waals surface area (Å²) >= 11 is 0. The summed E-state index contributed by atoms with van der Waals surface area (Å²) in [5.74, 6) is -3.34. The van der Waals surface area contributed by atoms with Gasteiger partial charge in [0, 0.05) is 24.2 Å². The topological polar surface area (TPSA) is 121 Å². The van der Waals surface area contributed by atoms with Gasteiger partial charge in [-0.2, -0.15) is 21.6 Å². The lowest BCUT2D eigenvalue weighted by Gasteiger charge is -2.21. The average Bonchev–Trinajstić information content (AvgIpc) is 3.02. The Bertz CT molecular complexity index is 1190. The number of halogens is 3. The Kier molecular flexibility index (Phi) is 5.96. The van der Waals surface area contributed by atoms with Crippen molar-refractivity contribution < 1.29 is 45.6 Å². The van der Waals surface area contributed by atoms with E-state index in [-0.39, 0.29) is 35.3 Å². The van der Waals surface area contributed by atoms with Crippen molar-refractivity contribution in [3.63, 3.8) is 0 Å². The zero-order chi connectivity index (χ0) is 24.0. The fourth-order valence-corrected chi connectivity index (χ4v) is 4.14. The lowest BCUT2D eigenvalue weighted by atomic mass is 9.90. The second kappa shape index (κ2) is 8.10. The van der Waals surface area contributed by atoms with Gasteiger partial charge in [-0.15, -0.1) is 0 Å². The third-order valence-electron chi connectivity index (χ3n) is 5.17. The number of aliphatic carboxylic acids is 1. The van der Waals surface area contributed by atoms with Gasteiger partial charge < -0.3 is 19.3 Å². The molecule has 1 atom stereocenters. The minimum Gasteiger partial charge on any atom is -0.479 e. The van der Waals surface area contributed by atoms with Crippen molar-refractivity contribution in [2.45, 2.75) is 38.5 Å². The molecule has 32 heavy (non-hydrogen) atoms. The van der Waals surface area contributed by atoms with Crippen molar-refractivity contribution in [3.05, 3.63) is 63.7 Å². The first kappa shape index (κ1) is 23.5. The monoisotopic (exact) mass is 473 g/mol. The predicted molar refractivity (Wildman–Crippen MR) is 104 cm³/mol. The lowest BCUT2D eigenvalue weighted by molar-refractivity contribution is -0.147. The van der Waals surface area contributed by atoms with E-state index in [0.29, 0.717) is 0 Å². The zero-order valence-corrected chi connectivity index (χ0v) is 17.6. The van der Waals surface area contributed by atoms with Crippen LogP contribution in [0.3, 0.4) is 0 Å². The van der Waals surface area contributed by atoms with Crippen LogP contribution in [0, 0.1) is 13.8 Å². The molecule has 2 aromatic carbocycles. The maximum absolute atomic E-state index is 13.0. The highest BCUT2D eigenvalue weighted by atomic mass is 32.2. The first-order chi connectivity index (χ1) is 14.8. The molecule has 1 aliphatic rings. The molecular formula is C20H18F3NO7S. The number of carboxylic acid groups (broad SMARTS) is 1. The first-order valence-electron chi connectivity index (χ1n) is 9.17. The van der Waals surface area contributed by atoms with Gasteiger partial charge in [-0.3, -0.25) is 4.79 Å². The molecule has 12 heteroatoms. The van der Waals surface area contributed by atoms with Gasteiger partial charge >= 0.3 is 21.6 Å². The maximum atomic E-state index is 13.0. The summed E-state index contributed by atoms with van der Waals surface area (Å²) in [6.07, 6.45) is -2.42. The lowest BCUT2D eigenvalue weighted by Crippen LogP contribution is -2.29. The molecule has 1 aliphatic heterocycles. The van der Waals surface area contributed by atoms with Crippen molar-refractivity contribution in [1.82, 2.24) is 4.90 Å². The van der Waals surface area contributed by atoms with E-state index < -0.39 is 44.9 Å². The highest BCUT2D eigenvalue weighted by Gasteiger charge is 2.50. The molecule has 2 N–H and O–H groups in total. The molecule has 2 aromatic rings. The van der Waals surface area contributed by atoms with Gasteiger partial charge in [-0.25, -0.2) is 4.79 Å². The summed E-state index contributed by atoms with van der Waals surface area (Å²) in [5.41, 5.74) is -5.91. The van der Waals surface area contributed by atoms with Crippen LogP contribution in [0.5, 0.6) is 5.75 Å². The molecular weight excluding hydrogens is 455 g/mol. The Morgan fingerprint density at radius 1 is 1.19 bits per heavy atom. The average molecular weight is 473 g/mol. The number of aliphatic hydroxyl groups excluding tert-OH is 1. The van der Waals surface area contributed by atoms with E-state index in [2.05, 4.69) is 4.18 Å². The number of amides is 1. The highest BCUT2D eigenvalue weighted by Crippen LogP contribution is 2.43. The minimum absolute atomic E-state index is 0.00881. The minimum atomic E-state index is -6.17. The fourth-order valence-electron chi connectivity index (χ4n) is 3.61. The number of alkyl halides is 3. The smallest absolute Gasteiger partial charge is 0.479 e. The number of hydrogen-bond acceptors (Lipinski definition) is 6. The van der Waals surface area contributed by atoms with Crippen LogP contribution < -0.4 is 4.18 Å². The van der Waals surface area contributed by atoms with Gasteiger partial charge in [-0.05, 0) is 36.1 Å². The van der Waals surface area contributed by atoms with E-state index in [1.54, 1.807) is 30.3 Å². The zero-order valence-electron chi connectivity index (χ0n) is 16.8. The van der Waals surface area contributed by atoms with Gasteiger partial charge in [0.1, 0.15) is 0 Å². The molecule has 0 saturated carbocycles. The summed E-state index contributed by atoms with van der Waals surface area (Å²) < 4.78 is 66.4. The van der Waals surface area contributed by atoms with Gasteiger partial charge in [0.25, 0.3) is 5.91 Å². The van der Waals surface area contributed by atoms with Gasteiger partial charge in [-0.1, -0.05) is 30.3 Å². The molecule has 0 saturated heterocycles. The highest BCUT2D eigenvalue weighted by molar-refractivity contribution is 7.88. The number of carbonyl (C=O) groups is 2. The van der Waals surface area contributed by atoms with E-state index >= 15 is 0 Å². The fraction of sp³-hybridized carbons (Fsp3) is 0.300. The predicted octanol–water partition coefficient (Wildman–Crippen LogP) is 2.81. The van der Waals surface area contributed by atoms with Crippen LogP contribution in [0.1, 0.15) is 44.3 Å². The molecule has 0 spiro atoms. The number of benzene rings is 2. The van der Waals surface area contributed by atoms with Gasteiger partial charge in [0.15, 0.2) is 11.9 Å². The first-order valence-corrected chi connectivity index (χ1v) is 10.6. The van der Waals surface area contributed by atoms with Crippen molar-refractivity contribution in [1.29, 1.82) is 0 Å². The largest absolute Gasteiger partial charge is 0.534 e. The summed E-state index contributed by atoms with van der Waals surface area (Å²) in [6, 6.07) is 8.83. The van der Waals surface area contributed by atoms with E-state index in [4.69, 9.17) is 0 Å². The van der Waals surface area contributed by atoms with Crippen LogP contribution in [-0.2, 0) is 28.0 Å². The Morgan fingerprint density at radius 3 is 2.31 bits per heavy atom. The van der Waals surface area contributed by atoms with Crippen LogP contribution in [0.2, 0.25) is 0 Å². The summed E-state index contributed by atoms with van der Waals surface area (Å²) in [5, 5.41) is 19.3. The van der Waals surface area contributed by atoms with Crippen molar-refractivity contribution in [2.24, 2.45) is 0 Å². The second-order valence-electron chi connectivity index (χ2n) is 7.22. The molecule has 0 aliphatic carbocycles. The summed E-state index contributed by atoms with van der Waals surface area (Å²) in [6.45, 7) is 2.51. The summed E-state index contributed by atoms with van der Waals surface area (Å²) in [4.78, 5) is 25.8. The molecule has 3 rings (SSSR count). The Hall–Kier alpha value is -3.12.